The summed E-state index contributed by atoms with van der Waals surface area (Å²) in [4.78, 5) is 10.6. The van der Waals surface area contributed by atoms with Gasteiger partial charge < -0.3 is 10.4 Å². The summed E-state index contributed by atoms with van der Waals surface area (Å²) in [6.07, 6.45) is 1.71. The molecule has 0 bridgehead atoms. The average Bonchev–Trinajstić information content (AvgIpc) is 2.37. The molecule has 1 aromatic rings. The quantitative estimate of drug-likeness (QED) is 0.789. The van der Waals surface area contributed by atoms with E-state index in [1.165, 1.54) is 0 Å². The van der Waals surface area contributed by atoms with Crippen LogP contribution in [-0.4, -0.2) is 17.6 Å². The predicted octanol–water partition coefficient (Wildman–Crippen LogP) is 3.25. The van der Waals surface area contributed by atoms with Crippen LogP contribution in [0.5, 0.6) is 0 Å². The molecule has 102 valence electrons. The molecule has 0 fully saturated rings. The van der Waals surface area contributed by atoms with Crippen LogP contribution in [0.4, 0.5) is 5.69 Å². The third-order valence-electron chi connectivity index (χ3n) is 3.18. The summed E-state index contributed by atoms with van der Waals surface area (Å²) in [5.74, 6) is -0.754. The van der Waals surface area contributed by atoms with Crippen molar-refractivity contribution in [1.29, 1.82) is 5.26 Å². The van der Waals surface area contributed by atoms with Gasteiger partial charge in [-0.05, 0) is 30.4 Å². The van der Waals surface area contributed by atoms with E-state index in [0.29, 0.717) is 12.0 Å². The number of hydrogen-bond acceptors (Lipinski definition) is 3. The van der Waals surface area contributed by atoms with Crippen LogP contribution in [-0.2, 0) is 4.79 Å². The maximum atomic E-state index is 10.6. The number of carbonyl (C=O) groups is 1. The Hall–Kier alpha value is -2.02. The number of nitrogens with zero attached hydrogens (tertiary/aromatic N) is 1. The minimum Gasteiger partial charge on any atom is -0.481 e. The maximum Gasteiger partial charge on any atom is 0.303 e. The number of carboxylic acids is 1. The second kappa shape index (κ2) is 6.79. The number of hydrogen-bond donors (Lipinski definition) is 2. The van der Waals surface area contributed by atoms with E-state index < -0.39 is 5.97 Å². The highest BCUT2D eigenvalue weighted by Crippen LogP contribution is 2.27. The van der Waals surface area contributed by atoms with E-state index in [4.69, 9.17) is 10.4 Å². The fraction of sp³-hybridized carbons (Fsp3) is 0.467. The average molecular weight is 260 g/mol. The number of anilines is 1. The molecule has 2 N–H and O–H groups in total. The standard InChI is InChI=1S/C15H20N2O2/c1-15(2,8-7-14(18)19)9-10-17-13-6-4-3-5-12(13)11-16/h3-6,17H,7-10H2,1-2H3,(H,18,19). The molecule has 0 aliphatic rings. The van der Waals surface area contributed by atoms with Crippen molar-refractivity contribution in [2.75, 3.05) is 11.9 Å². The van der Waals surface area contributed by atoms with Crippen molar-refractivity contribution in [3.63, 3.8) is 0 Å². The van der Waals surface area contributed by atoms with Crippen LogP contribution in [0.25, 0.3) is 0 Å². The van der Waals surface area contributed by atoms with Gasteiger partial charge >= 0.3 is 5.97 Å². The highest BCUT2D eigenvalue weighted by molar-refractivity contribution is 5.66. The maximum absolute atomic E-state index is 10.6. The van der Waals surface area contributed by atoms with Gasteiger partial charge in [-0.3, -0.25) is 4.79 Å². The Balaban J connectivity index is 2.45. The summed E-state index contributed by atoms with van der Waals surface area (Å²) in [5, 5.41) is 20.9. The summed E-state index contributed by atoms with van der Waals surface area (Å²) in [7, 11) is 0. The SMILES string of the molecule is CC(C)(CCNc1ccccc1C#N)CCC(=O)O. The second-order valence-corrected chi connectivity index (χ2v) is 5.39. The molecule has 0 atom stereocenters. The third kappa shape index (κ3) is 5.43. The number of nitrogens with one attached hydrogen (secondary N) is 1. The minimum absolute atomic E-state index is 0.0209. The number of para-hydroxylation sites is 1. The molecule has 1 aromatic carbocycles. The fourth-order valence-electron chi connectivity index (χ4n) is 1.84. The highest BCUT2D eigenvalue weighted by atomic mass is 16.4. The lowest BCUT2D eigenvalue weighted by Gasteiger charge is -2.24. The lowest BCUT2D eigenvalue weighted by molar-refractivity contribution is -0.137. The lowest BCUT2D eigenvalue weighted by atomic mass is 9.84. The van der Waals surface area contributed by atoms with Crippen molar-refractivity contribution >= 4 is 11.7 Å². The van der Waals surface area contributed by atoms with E-state index in [1.807, 2.05) is 18.2 Å². The van der Waals surface area contributed by atoms with E-state index in [9.17, 15) is 4.79 Å². The van der Waals surface area contributed by atoms with E-state index >= 15 is 0 Å². The Morgan fingerprint density at radius 2 is 2.05 bits per heavy atom. The fourth-order valence-corrected chi connectivity index (χ4v) is 1.84. The number of nitriles is 1. The van der Waals surface area contributed by atoms with E-state index in [0.717, 1.165) is 18.7 Å². The number of rotatable bonds is 7. The molecule has 0 saturated heterocycles. The molecule has 0 spiro atoms. The van der Waals surface area contributed by atoms with Gasteiger partial charge in [-0.15, -0.1) is 0 Å². The third-order valence-corrected chi connectivity index (χ3v) is 3.18. The summed E-state index contributed by atoms with van der Waals surface area (Å²) >= 11 is 0. The van der Waals surface area contributed by atoms with Gasteiger partial charge in [-0.1, -0.05) is 26.0 Å². The first-order chi connectivity index (χ1) is 8.94. The molecule has 0 aliphatic carbocycles. The van der Waals surface area contributed by atoms with Crippen LogP contribution in [0.3, 0.4) is 0 Å². The van der Waals surface area contributed by atoms with Crippen LogP contribution in [0, 0.1) is 16.7 Å². The van der Waals surface area contributed by atoms with Crippen LogP contribution in [0.1, 0.15) is 38.7 Å². The summed E-state index contributed by atoms with van der Waals surface area (Å²) in [5.41, 5.74) is 1.44. The Morgan fingerprint density at radius 1 is 1.37 bits per heavy atom. The molecule has 0 heterocycles. The van der Waals surface area contributed by atoms with Crippen molar-refractivity contribution < 1.29 is 9.90 Å². The van der Waals surface area contributed by atoms with Gasteiger partial charge in [-0.25, -0.2) is 0 Å². The zero-order valence-corrected chi connectivity index (χ0v) is 11.4. The van der Waals surface area contributed by atoms with Crippen LogP contribution >= 0.6 is 0 Å². The molecule has 0 unspecified atom stereocenters. The first kappa shape index (κ1) is 15.0. The number of aliphatic carboxylic acids is 1. The molecule has 0 saturated carbocycles. The monoisotopic (exact) mass is 260 g/mol. The van der Waals surface area contributed by atoms with Gasteiger partial charge in [0.15, 0.2) is 0 Å². The summed E-state index contributed by atoms with van der Waals surface area (Å²) in [6.45, 7) is 4.85. The number of benzene rings is 1. The normalized spacial score (nSPS) is 10.8. The van der Waals surface area contributed by atoms with Crippen LogP contribution in [0.15, 0.2) is 24.3 Å². The van der Waals surface area contributed by atoms with Crippen molar-refractivity contribution in [3.05, 3.63) is 29.8 Å². The van der Waals surface area contributed by atoms with E-state index in [1.54, 1.807) is 6.07 Å². The van der Waals surface area contributed by atoms with E-state index in [-0.39, 0.29) is 11.8 Å². The highest BCUT2D eigenvalue weighted by Gasteiger charge is 2.18. The van der Waals surface area contributed by atoms with Crippen molar-refractivity contribution in [2.24, 2.45) is 5.41 Å². The molecule has 0 amide bonds. The molecule has 0 aromatic heterocycles. The summed E-state index contributed by atoms with van der Waals surface area (Å²) < 4.78 is 0. The Bertz CT molecular complexity index is 475. The number of carboxylic acid groups (broad SMARTS) is 1. The molecular formula is C15H20N2O2. The molecule has 1 rings (SSSR count). The molecule has 0 radical (unpaired) electrons. The first-order valence-corrected chi connectivity index (χ1v) is 6.39. The zero-order chi connectivity index (χ0) is 14.3. The molecule has 4 nitrogen and oxygen atoms in total. The predicted molar refractivity (Wildman–Crippen MR) is 74.9 cm³/mol. The Kier molecular flexibility index (Phi) is 5.37. The molecule has 0 aliphatic heterocycles. The van der Waals surface area contributed by atoms with Crippen LogP contribution < -0.4 is 5.32 Å². The molecule has 19 heavy (non-hydrogen) atoms. The van der Waals surface area contributed by atoms with Gasteiger partial charge in [0.1, 0.15) is 6.07 Å². The van der Waals surface area contributed by atoms with Gasteiger partial charge in [0, 0.05) is 13.0 Å². The largest absolute Gasteiger partial charge is 0.481 e. The van der Waals surface area contributed by atoms with Crippen molar-refractivity contribution in [1.82, 2.24) is 0 Å². The van der Waals surface area contributed by atoms with Gasteiger partial charge in [0.2, 0.25) is 0 Å². The van der Waals surface area contributed by atoms with Crippen LogP contribution in [0.2, 0.25) is 0 Å². The zero-order valence-electron chi connectivity index (χ0n) is 11.4. The summed E-state index contributed by atoms with van der Waals surface area (Å²) in [6, 6.07) is 9.52. The van der Waals surface area contributed by atoms with Gasteiger partial charge in [0.05, 0.1) is 11.3 Å². The molecule has 4 heteroatoms. The second-order valence-electron chi connectivity index (χ2n) is 5.39. The van der Waals surface area contributed by atoms with E-state index in [2.05, 4.69) is 25.2 Å². The lowest BCUT2D eigenvalue weighted by Crippen LogP contribution is -2.18. The Labute approximate surface area is 114 Å². The van der Waals surface area contributed by atoms with Crippen molar-refractivity contribution in [3.8, 4) is 6.07 Å². The van der Waals surface area contributed by atoms with Crippen molar-refractivity contribution in [2.45, 2.75) is 33.1 Å². The smallest absolute Gasteiger partial charge is 0.303 e. The Morgan fingerprint density at radius 3 is 2.68 bits per heavy atom. The van der Waals surface area contributed by atoms with Gasteiger partial charge in [-0.2, -0.15) is 5.26 Å². The first-order valence-electron chi connectivity index (χ1n) is 6.39. The topological polar surface area (TPSA) is 73.1 Å². The van der Waals surface area contributed by atoms with Gasteiger partial charge in [0.25, 0.3) is 0 Å². The minimum atomic E-state index is -0.754. The molecular weight excluding hydrogens is 240 g/mol.